The van der Waals surface area contributed by atoms with Crippen molar-refractivity contribution in [1.29, 1.82) is 0 Å². The lowest BCUT2D eigenvalue weighted by molar-refractivity contribution is -0.885. The third-order valence-electron chi connectivity index (χ3n) is 3.55. The van der Waals surface area contributed by atoms with Crippen molar-refractivity contribution in [3.63, 3.8) is 0 Å². The van der Waals surface area contributed by atoms with Crippen molar-refractivity contribution in [2.45, 2.75) is 6.54 Å². The minimum Gasteiger partial charge on any atom is -0.493 e. The number of likely N-dealkylation sites (N-methyl/N-ethyl adjacent to an activating group) is 1. The van der Waals surface area contributed by atoms with Crippen molar-refractivity contribution in [3.8, 4) is 11.5 Å². The number of benzene rings is 2. The molecule has 24 heavy (non-hydrogen) atoms. The maximum absolute atomic E-state index is 12.9. The molecule has 0 radical (unpaired) electrons. The fourth-order valence-electron chi connectivity index (χ4n) is 2.41. The van der Waals surface area contributed by atoms with Gasteiger partial charge in [-0.05, 0) is 24.3 Å². The molecule has 0 aliphatic rings. The first-order chi connectivity index (χ1) is 11.5. The molecule has 2 aromatic carbocycles. The molecule has 6 heteroatoms. The third-order valence-corrected chi connectivity index (χ3v) is 3.55. The van der Waals surface area contributed by atoms with Crippen LogP contribution in [0.25, 0.3) is 0 Å². The van der Waals surface area contributed by atoms with Gasteiger partial charge in [0, 0.05) is 17.3 Å². The van der Waals surface area contributed by atoms with E-state index in [1.54, 1.807) is 44.6 Å². The molecule has 0 aromatic heterocycles. The summed E-state index contributed by atoms with van der Waals surface area (Å²) in [6, 6.07) is 11.5. The zero-order chi connectivity index (χ0) is 17.5. The number of rotatable bonds is 7. The van der Waals surface area contributed by atoms with Crippen molar-refractivity contribution < 1.29 is 23.6 Å². The van der Waals surface area contributed by atoms with E-state index in [-0.39, 0.29) is 11.7 Å². The van der Waals surface area contributed by atoms with E-state index in [0.29, 0.717) is 30.3 Å². The van der Waals surface area contributed by atoms with Gasteiger partial charge >= 0.3 is 0 Å². The van der Waals surface area contributed by atoms with Crippen LogP contribution in [-0.2, 0) is 11.3 Å². The topological polar surface area (TPSA) is 52.0 Å². The van der Waals surface area contributed by atoms with E-state index in [2.05, 4.69) is 5.32 Å². The Morgan fingerprint density at radius 2 is 1.75 bits per heavy atom. The van der Waals surface area contributed by atoms with Gasteiger partial charge in [0.15, 0.2) is 18.0 Å². The Hall–Kier alpha value is -2.60. The van der Waals surface area contributed by atoms with Crippen molar-refractivity contribution in [2.75, 3.05) is 33.1 Å². The van der Waals surface area contributed by atoms with Gasteiger partial charge in [-0.25, -0.2) is 4.39 Å². The first-order valence-electron chi connectivity index (χ1n) is 7.59. The van der Waals surface area contributed by atoms with Gasteiger partial charge < -0.3 is 19.7 Å². The van der Waals surface area contributed by atoms with Crippen molar-refractivity contribution in [2.24, 2.45) is 0 Å². The van der Waals surface area contributed by atoms with Crippen LogP contribution in [0.1, 0.15) is 5.56 Å². The molecule has 0 heterocycles. The van der Waals surface area contributed by atoms with Crippen molar-refractivity contribution in [3.05, 3.63) is 53.8 Å². The predicted molar refractivity (Wildman–Crippen MR) is 90.0 cm³/mol. The van der Waals surface area contributed by atoms with Crippen LogP contribution in [0.4, 0.5) is 10.1 Å². The molecule has 5 nitrogen and oxygen atoms in total. The van der Waals surface area contributed by atoms with E-state index in [9.17, 15) is 9.18 Å². The summed E-state index contributed by atoms with van der Waals surface area (Å²) in [6.45, 7) is 0.936. The standard InChI is InChI=1S/C18H21FN2O3/c1-21(11-13-4-6-14(19)7-5-13)12-18(22)20-15-8-9-16(23-2)17(10-15)24-3/h4-10H,11-12H2,1-3H3,(H,20,22)/p+1. The van der Waals surface area contributed by atoms with E-state index in [0.717, 1.165) is 10.5 Å². The number of amides is 1. The Labute approximate surface area is 141 Å². The van der Waals surface area contributed by atoms with E-state index in [1.165, 1.54) is 12.1 Å². The van der Waals surface area contributed by atoms with E-state index < -0.39 is 0 Å². The molecule has 2 aromatic rings. The zero-order valence-corrected chi connectivity index (χ0v) is 14.1. The Kier molecular flexibility index (Phi) is 6.14. The van der Waals surface area contributed by atoms with Crippen LogP contribution in [0, 0.1) is 5.82 Å². The molecule has 0 fully saturated rings. The molecule has 0 spiro atoms. The fraction of sp³-hybridized carbons (Fsp3) is 0.278. The summed E-state index contributed by atoms with van der Waals surface area (Å²) in [5.41, 5.74) is 1.63. The molecular formula is C18H22FN2O3+. The van der Waals surface area contributed by atoms with Gasteiger partial charge in [0.05, 0.1) is 21.3 Å². The number of anilines is 1. The van der Waals surface area contributed by atoms with Gasteiger partial charge in [-0.1, -0.05) is 12.1 Å². The van der Waals surface area contributed by atoms with Crippen LogP contribution in [0.2, 0.25) is 0 Å². The van der Waals surface area contributed by atoms with Crippen LogP contribution in [0.3, 0.4) is 0 Å². The van der Waals surface area contributed by atoms with Crippen molar-refractivity contribution in [1.82, 2.24) is 0 Å². The lowest BCUT2D eigenvalue weighted by Crippen LogP contribution is -3.08. The summed E-state index contributed by atoms with van der Waals surface area (Å²) in [5.74, 6) is 0.793. The highest BCUT2D eigenvalue weighted by Crippen LogP contribution is 2.29. The van der Waals surface area contributed by atoms with E-state index in [1.807, 2.05) is 7.05 Å². The smallest absolute Gasteiger partial charge is 0.279 e. The first-order valence-corrected chi connectivity index (χ1v) is 7.59. The quantitative estimate of drug-likeness (QED) is 0.807. The number of carbonyl (C=O) groups excluding carboxylic acids is 1. The Morgan fingerprint density at radius 3 is 2.38 bits per heavy atom. The Balaban J connectivity index is 1.91. The number of hydrogen-bond donors (Lipinski definition) is 2. The molecule has 128 valence electrons. The van der Waals surface area contributed by atoms with E-state index in [4.69, 9.17) is 9.47 Å². The van der Waals surface area contributed by atoms with Crippen LogP contribution in [0.5, 0.6) is 11.5 Å². The number of carbonyl (C=O) groups is 1. The Bertz CT molecular complexity index is 689. The molecule has 0 aliphatic carbocycles. The number of ether oxygens (including phenoxy) is 2. The summed E-state index contributed by atoms with van der Waals surface area (Å²) in [7, 11) is 5.02. The molecule has 2 N–H and O–H groups in total. The average molecular weight is 333 g/mol. The zero-order valence-electron chi connectivity index (χ0n) is 14.1. The highest BCUT2D eigenvalue weighted by Gasteiger charge is 2.12. The fourth-order valence-corrected chi connectivity index (χ4v) is 2.41. The predicted octanol–water partition coefficient (Wildman–Crippen LogP) is 1.50. The normalized spacial score (nSPS) is 11.7. The molecule has 1 unspecified atom stereocenters. The SMILES string of the molecule is COc1ccc(NC(=O)C[NH+](C)Cc2ccc(F)cc2)cc1OC. The van der Waals surface area contributed by atoms with Crippen molar-refractivity contribution >= 4 is 11.6 Å². The number of methoxy groups -OCH3 is 2. The molecular weight excluding hydrogens is 311 g/mol. The lowest BCUT2D eigenvalue weighted by atomic mass is 10.2. The summed E-state index contributed by atoms with van der Waals surface area (Å²) < 4.78 is 23.3. The first kappa shape index (κ1) is 17.7. The van der Waals surface area contributed by atoms with Gasteiger partial charge in [-0.2, -0.15) is 0 Å². The van der Waals surface area contributed by atoms with Gasteiger partial charge in [-0.15, -0.1) is 0 Å². The monoisotopic (exact) mass is 333 g/mol. The third kappa shape index (κ3) is 4.96. The molecule has 0 saturated heterocycles. The maximum atomic E-state index is 12.9. The molecule has 0 aliphatic heterocycles. The van der Waals surface area contributed by atoms with Gasteiger partial charge in [0.1, 0.15) is 12.4 Å². The molecule has 2 rings (SSSR count). The highest BCUT2D eigenvalue weighted by molar-refractivity contribution is 5.91. The van der Waals surface area contributed by atoms with Crippen LogP contribution in [0.15, 0.2) is 42.5 Å². The lowest BCUT2D eigenvalue weighted by Gasteiger charge is -2.15. The minimum atomic E-state index is -0.261. The van der Waals surface area contributed by atoms with Gasteiger partial charge in [-0.3, -0.25) is 4.79 Å². The van der Waals surface area contributed by atoms with Crippen LogP contribution >= 0.6 is 0 Å². The molecule has 1 amide bonds. The highest BCUT2D eigenvalue weighted by atomic mass is 19.1. The van der Waals surface area contributed by atoms with Gasteiger partial charge in [0.25, 0.3) is 5.91 Å². The van der Waals surface area contributed by atoms with E-state index >= 15 is 0 Å². The van der Waals surface area contributed by atoms with Crippen LogP contribution in [-0.4, -0.2) is 33.7 Å². The van der Waals surface area contributed by atoms with Gasteiger partial charge in [0.2, 0.25) is 0 Å². The van der Waals surface area contributed by atoms with Crippen LogP contribution < -0.4 is 19.7 Å². The summed E-state index contributed by atoms with van der Waals surface area (Å²) in [6.07, 6.45) is 0. The maximum Gasteiger partial charge on any atom is 0.279 e. The number of hydrogen-bond acceptors (Lipinski definition) is 3. The second-order valence-electron chi connectivity index (χ2n) is 5.56. The number of halogens is 1. The number of quaternary nitrogens is 1. The minimum absolute atomic E-state index is 0.109. The molecule has 1 atom stereocenters. The summed E-state index contributed by atoms with van der Waals surface area (Å²) in [4.78, 5) is 13.2. The molecule has 0 bridgehead atoms. The Morgan fingerprint density at radius 1 is 1.08 bits per heavy atom. The molecule has 0 saturated carbocycles. The second-order valence-corrected chi connectivity index (χ2v) is 5.56. The number of nitrogens with one attached hydrogen (secondary N) is 2. The summed E-state index contributed by atoms with van der Waals surface area (Å²) >= 11 is 0. The largest absolute Gasteiger partial charge is 0.493 e. The summed E-state index contributed by atoms with van der Waals surface area (Å²) in [5, 5.41) is 2.84. The second kappa shape index (κ2) is 8.31. The average Bonchev–Trinajstić information content (AvgIpc) is 2.56.